The maximum absolute atomic E-state index is 11.3. The average molecular weight is 279 g/mol. The third kappa shape index (κ3) is 4.97. The standard InChI is InChI=1S/C14H21N3O3/c1-10(2)14(18)16-7-6-15-9-12-5-4-11(3)13(8-12)17(19)20/h4-5,8,10,15H,6-7,9H2,1-3H3,(H,16,18). The number of carbonyl (C=O) groups excluding carboxylic acids is 1. The Morgan fingerprint density at radius 1 is 1.35 bits per heavy atom. The van der Waals surface area contributed by atoms with E-state index in [1.54, 1.807) is 19.1 Å². The van der Waals surface area contributed by atoms with E-state index in [0.29, 0.717) is 25.2 Å². The number of rotatable bonds is 7. The normalized spacial score (nSPS) is 10.6. The Labute approximate surface area is 118 Å². The average Bonchev–Trinajstić information content (AvgIpc) is 2.39. The molecule has 20 heavy (non-hydrogen) atoms. The number of benzene rings is 1. The SMILES string of the molecule is Cc1ccc(CNCCNC(=O)C(C)C)cc1[N+](=O)[O-]. The van der Waals surface area contributed by atoms with Gasteiger partial charge in [0.05, 0.1) is 4.92 Å². The van der Waals surface area contributed by atoms with Gasteiger partial charge in [-0.25, -0.2) is 0 Å². The third-order valence-electron chi connectivity index (χ3n) is 2.92. The number of hydrogen-bond donors (Lipinski definition) is 2. The molecule has 0 aliphatic rings. The summed E-state index contributed by atoms with van der Waals surface area (Å²) in [5.41, 5.74) is 1.65. The molecule has 0 aliphatic heterocycles. The number of carbonyl (C=O) groups is 1. The van der Waals surface area contributed by atoms with E-state index in [2.05, 4.69) is 10.6 Å². The first-order chi connectivity index (χ1) is 9.41. The first-order valence-electron chi connectivity index (χ1n) is 6.64. The van der Waals surface area contributed by atoms with Crippen LogP contribution in [0.25, 0.3) is 0 Å². The zero-order chi connectivity index (χ0) is 15.1. The fourth-order valence-electron chi connectivity index (χ4n) is 1.67. The topological polar surface area (TPSA) is 84.3 Å². The van der Waals surface area contributed by atoms with Crippen molar-refractivity contribution in [3.05, 3.63) is 39.4 Å². The van der Waals surface area contributed by atoms with E-state index in [1.165, 1.54) is 0 Å². The predicted molar refractivity (Wildman–Crippen MR) is 77.4 cm³/mol. The van der Waals surface area contributed by atoms with Crippen molar-refractivity contribution >= 4 is 11.6 Å². The van der Waals surface area contributed by atoms with Gasteiger partial charge >= 0.3 is 0 Å². The van der Waals surface area contributed by atoms with Crippen LogP contribution in [0, 0.1) is 23.0 Å². The van der Waals surface area contributed by atoms with Crippen LogP contribution < -0.4 is 10.6 Å². The van der Waals surface area contributed by atoms with Crippen molar-refractivity contribution in [1.29, 1.82) is 0 Å². The molecule has 0 bridgehead atoms. The van der Waals surface area contributed by atoms with Gasteiger partial charge in [-0.05, 0) is 12.5 Å². The third-order valence-corrected chi connectivity index (χ3v) is 2.92. The lowest BCUT2D eigenvalue weighted by molar-refractivity contribution is -0.385. The Bertz CT molecular complexity index is 487. The predicted octanol–water partition coefficient (Wildman–Crippen LogP) is 1.77. The fourth-order valence-corrected chi connectivity index (χ4v) is 1.67. The van der Waals surface area contributed by atoms with Crippen LogP contribution in [0.15, 0.2) is 18.2 Å². The summed E-state index contributed by atoms with van der Waals surface area (Å²) in [5.74, 6) is 0.00696. The molecule has 0 aliphatic carbocycles. The van der Waals surface area contributed by atoms with Crippen molar-refractivity contribution in [2.75, 3.05) is 13.1 Å². The molecule has 1 aromatic carbocycles. The summed E-state index contributed by atoms with van der Waals surface area (Å²) in [6, 6.07) is 5.19. The summed E-state index contributed by atoms with van der Waals surface area (Å²) in [6.45, 7) is 7.11. The van der Waals surface area contributed by atoms with Crippen molar-refractivity contribution in [3.8, 4) is 0 Å². The van der Waals surface area contributed by atoms with Gasteiger partial charge in [-0.3, -0.25) is 14.9 Å². The summed E-state index contributed by atoms with van der Waals surface area (Å²) in [4.78, 5) is 21.8. The highest BCUT2D eigenvalue weighted by Gasteiger charge is 2.10. The molecule has 110 valence electrons. The highest BCUT2D eigenvalue weighted by molar-refractivity contribution is 5.77. The van der Waals surface area contributed by atoms with E-state index >= 15 is 0 Å². The van der Waals surface area contributed by atoms with Crippen molar-refractivity contribution in [1.82, 2.24) is 10.6 Å². The molecule has 6 nitrogen and oxygen atoms in total. The van der Waals surface area contributed by atoms with Gasteiger partial charge in [0.1, 0.15) is 0 Å². The molecule has 1 amide bonds. The zero-order valence-corrected chi connectivity index (χ0v) is 12.1. The second-order valence-electron chi connectivity index (χ2n) is 5.00. The van der Waals surface area contributed by atoms with Crippen LogP contribution in [0.5, 0.6) is 0 Å². The number of nitro groups is 1. The number of amides is 1. The van der Waals surface area contributed by atoms with E-state index in [0.717, 1.165) is 5.56 Å². The minimum Gasteiger partial charge on any atom is -0.355 e. The largest absolute Gasteiger partial charge is 0.355 e. The number of nitrogens with one attached hydrogen (secondary N) is 2. The van der Waals surface area contributed by atoms with Gasteiger partial charge in [-0.1, -0.05) is 26.0 Å². The van der Waals surface area contributed by atoms with Crippen molar-refractivity contribution in [3.63, 3.8) is 0 Å². The van der Waals surface area contributed by atoms with Gasteiger partial charge in [0.2, 0.25) is 5.91 Å². The molecule has 0 heterocycles. The summed E-state index contributed by atoms with van der Waals surface area (Å²) in [5, 5.41) is 16.8. The summed E-state index contributed by atoms with van der Waals surface area (Å²) < 4.78 is 0. The second-order valence-corrected chi connectivity index (χ2v) is 5.00. The molecule has 0 spiro atoms. The van der Waals surface area contributed by atoms with Crippen molar-refractivity contribution < 1.29 is 9.72 Å². The minimum absolute atomic E-state index is 0.0188. The molecule has 1 aromatic rings. The van der Waals surface area contributed by atoms with Crippen LogP contribution in [-0.4, -0.2) is 23.9 Å². The maximum atomic E-state index is 11.3. The van der Waals surface area contributed by atoms with E-state index in [4.69, 9.17) is 0 Å². The molecule has 0 unspecified atom stereocenters. The number of nitro benzene ring substituents is 1. The molecule has 0 saturated carbocycles. The summed E-state index contributed by atoms with van der Waals surface area (Å²) in [7, 11) is 0. The minimum atomic E-state index is -0.373. The fraction of sp³-hybridized carbons (Fsp3) is 0.500. The first-order valence-corrected chi connectivity index (χ1v) is 6.64. The van der Waals surface area contributed by atoms with Crippen LogP contribution in [-0.2, 0) is 11.3 Å². The van der Waals surface area contributed by atoms with E-state index in [-0.39, 0.29) is 22.4 Å². The molecular formula is C14H21N3O3. The van der Waals surface area contributed by atoms with Gasteiger partial charge in [0.15, 0.2) is 0 Å². The lowest BCUT2D eigenvalue weighted by Crippen LogP contribution is -2.34. The molecular weight excluding hydrogens is 258 g/mol. The molecule has 2 N–H and O–H groups in total. The molecule has 0 radical (unpaired) electrons. The summed E-state index contributed by atoms with van der Waals surface area (Å²) in [6.07, 6.45) is 0. The molecule has 0 aromatic heterocycles. The highest BCUT2D eigenvalue weighted by atomic mass is 16.6. The zero-order valence-electron chi connectivity index (χ0n) is 12.1. The smallest absolute Gasteiger partial charge is 0.272 e. The lowest BCUT2D eigenvalue weighted by atomic mass is 10.1. The van der Waals surface area contributed by atoms with Crippen LogP contribution in [0.3, 0.4) is 0 Å². The molecule has 0 fully saturated rings. The molecule has 0 saturated heterocycles. The molecule has 6 heteroatoms. The van der Waals surface area contributed by atoms with Crippen molar-refractivity contribution in [2.45, 2.75) is 27.3 Å². The Morgan fingerprint density at radius 3 is 2.65 bits per heavy atom. The number of aryl methyl sites for hydroxylation is 1. The Hall–Kier alpha value is -1.95. The van der Waals surface area contributed by atoms with Gasteiger partial charge in [-0.2, -0.15) is 0 Å². The quantitative estimate of drug-likeness (QED) is 0.452. The number of nitrogens with zero attached hydrogens (tertiary/aromatic N) is 1. The van der Waals surface area contributed by atoms with E-state index < -0.39 is 0 Å². The molecule has 0 atom stereocenters. The summed E-state index contributed by atoms with van der Waals surface area (Å²) >= 11 is 0. The van der Waals surface area contributed by atoms with Crippen molar-refractivity contribution in [2.24, 2.45) is 5.92 Å². The van der Waals surface area contributed by atoms with Gasteiger partial charge in [0, 0.05) is 37.2 Å². The Morgan fingerprint density at radius 2 is 2.05 bits per heavy atom. The van der Waals surface area contributed by atoms with Gasteiger partial charge in [0.25, 0.3) is 5.69 Å². The maximum Gasteiger partial charge on any atom is 0.272 e. The van der Waals surface area contributed by atoms with Crippen LogP contribution in [0.1, 0.15) is 25.0 Å². The van der Waals surface area contributed by atoms with Crippen LogP contribution in [0.2, 0.25) is 0 Å². The number of hydrogen-bond acceptors (Lipinski definition) is 4. The molecule has 1 rings (SSSR count). The lowest BCUT2D eigenvalue weighted by Gasteiger charge is -2.09. The Balaban J connectivity index is 2.38. The monoisotopic (exact) mass is 279 g/mol. The first kappa shape index (κ1) is 16.1. The van der Waals surface area contributed by atoms with E-state index in [9.17, 15) is 14.9 Å². The van der Waals surface area contributed by atoms with Gasteiger partial charge < -0.3 is 10.6 Å². The highest BCUT2D eigenvalue weighted by Crippen LogP contribution is 2.18. The second kappa shape index (κ2) is 7.59. The van der Waals surface area contributed by atoms with Crippen LogP contribution >= 0.6 is 0 Å². The van der Waals surface area contributed by atoms with Gasteiger partial charge in [-0.15, -0.1) is 0 Å². The van der Waals surface area contributed by atoms with Crippen LogP contribution in [0.4, 0.5) is 5.69 Å². The Kier molecular flexibility index (Phi) is 6.11. The van der Waals surface area contributed by atoms with E-state index in [1.807, 2.05) is 19.9 Å².